The van der Waals surface area contributed by atoms with E-state index in [-0.39, 0.29) is 6.04 Å². The molecule has 0 saturated heterocycles. The molecule has 3 aromatic rings. The number of benzene rings is 2. The van der Waals surface area contributed by atoms with Gasteiger partial charge in [-0.25, -0.2) is 4.79 Å². The summed E-state index contributed by atoms with van der Waals surface area (Å²) in [4.78, 5) is 11.0. The highest BCUT2D eigenvalue weighted by Crippen LogP contribution is 2.30. The fourth-order valence-electron chi connectivity index (χ4n) is 3.96. The predicted octanol–water partition coefficient (Wildman–Crippen LogP) is 5.06. The second-order valence-corrected chi connectivity index (χ2v) is 7.53. The van der Waals surface area contributed by atoms with Gasteiger partial charge in [0.15, 0.2) is 4.77 Å². The molecule has 5 heteroatoms. The summed E-state index contributed by atoms with van der Waals surface area (Å²) in [5.41, 5.74) is 4.21. The molecule has 1 N–H and O–H groups in total. The minimum Gasteiger partial charge on any atom is -0.478 e. The van der Waals surface area contributed by atoms with Gasteiger partial charge in [0.25, 0.3) is 0 Å². The first-order valence-corrected chi connectivity index (χ1v) is 9.64. The van der Waals surface area contributed by atoms with Crippen molar-refractivity contribution < 1.29 is 9.90 Å². The largest absolute Gasteiger partial charge is 0.478 e. The summed E-state index contributed by atoms with van der Waals surface area (Å²) >= 11 is 5.78. The number of nitrogens with zero attached hydrogens (tertiary/aromatic N) is 2. The maximum Gasteiger partial charge on any atom is 0.335 e. The summed E-state index contributed by atoms with van der Waals surface area (Å²) in [6.07, 6.45) is 7.31. The molecule has 4 nitrogen and oxygen atoms in total. The quantitative estimate of drug-likeness (QED) is 0.646. The number of aromatic nitrogens is 2. The maximum absolute atomic E-state index is 11.0. The van der Waals surface area contributed by atoms with Crippen LogP contribution >= 0.6 is 12.2 Å². The number of rotatable bonds is 4. The topological polar surface area (TPSA) is 47.2 Å². The number of carboxylic acid groups (broad SMARTS) is 1. The lowest BCUT2D eigenvalue weighted by Gasteiger charge is -2.26. The number of aromatic carboxylic acids is 1. The highest BCUT2D eigenvalue weighted by molar-refractivity contribution is 7.71. The Bertz CT molecular complexity index is 1030. The van der Waals surface area contributed by atoms with E-state index in [1.165, 1.54) is 11.1 Å². The van der Waals surface area contributed by atoms with Crippen molar-refractivity contribution in [3.05, 3.63) is 87.9 Å². The number of aryl methyl sites for hydroxylation is 1. The molecule has 27 heavy (non-hydrogen) atoms. The second kappa shape index (κ2) is 7.16. The van der Waals surface area contributed by atoms with Crippen molar-refractivity contribution in [1.82, 2.24) is 9.13 Å². The maximum atomic E-state index is 11.0. The van der Waals surface area contributed by atoms with Crippen LogP contribution in [0.4, 0.5) is 0 Å². The molecule has 0 radical (unpaired) electrons. The second-order valence-electron chi connectivity index (χ2n) is 7.16. The predicted molar refractivity (Wildman–Crippen MR) is 108 cm³/mol. The average Bonchev–Trinajstić information content (AvgIpc) is 3.08. The molecular formula is C22H22N2O2S. The van der Waals surface area contributed by atoms with Gasteiger partial charge in [-0.1, -0.05) is 36.4 Å². The SMILES string of the molecule is CC(c1ccc(C(=O)O)cc1)n1ccn(C2CCc3ccccc3C2)c1=S. The summed E-state index contributed by atoms with van der Waals surface area (Å²) in [5, 5.41) is 9.07. The van der Waals surface area contributed by atoms with Crippen molar-refractivity contribution in [2.45, 2.75) is 38.3 Å². The normalized spacial score (nSPS) is 17.3. The van der Waals surface area contributed by atoms with Gasteiger partial charge >= 0.3 is 5.97 Å². The molecule has 0 aliphatic heterocycles. The first kappa shape index (κ1) is 17.7. The number of hydrogen-bond acceptors (Lipinski definition) is 2. The molecule has 1 heterocycles. The zero-order valence-corrected chi connectivity index (χ0v) is 16.0. The first-order chi connectivity index (χ1) is 13.0. The molecule has 0 saturated carbocycles. The highest BCUT2D eigenvalue weighted by atomic mass is 32.1. The summed E-state index contributed by atoms with van der Waals surface area (Å²) in [5.74, 6) is -0.908. The molecule has 2 aromatic carbocycles. The zero-order valence-electron chi connectivity index (χ0n) is 15.2. The van der Waals surface area contributed by atoms with Crippen LogP contribution in [0.3, 0.4) is 0 Å². The molecule has 138 valence electrons. The van der Waals surface area contributed by atoms with Crippen LogP contribution < -0.4 is 0 Å². The van der Waals surface area contributed by atoms with Gasteiger partial charge < -0.3 is 14.2 Å². The third-order valence-electron chi connectivity index (χ3n) is 5.60. The number of fused-ring (bicyclic) bond motifs is 1. The fraction of sp³-hybridized carbons (Fsp3) is 0.273. The van der Waals surface area contributed by atoms with Crippen LogP contribution in [0.5, 0.6) is 0 Å². The fourth-order valence-corrected chi connectivity index (χ4v) is 4.39. The van der Waals surface area contributed by atoms with E-state index in [0.29, 0.717) is 11.6 Å². The summed E-state index contributed by atoms with van der Waals surface area (Å²) < 4.78 is 5.12. The van der Waals surface area contributed by atoms with E-state index in [0.717, 1.165) is 29.6 Å². The van der Waals surface area contributed by atoms with Crippen LogP contribution in [0.25, 0.3) is 0 Å². The Labute approximate surface area is 163 Å². The van der Waals surface area contributed by atoms with Crippen molar-refractivity contribution in [3.8, 4) is 0 Å². The lowest BCUT2D eigenvalue weighted by molar-refractivity contribution is 0.0697. The van der Waals surface area contributed by atoms with Crippen LogP contribution in [0.2, 0.25) is 0 Å². The first-order valence-electron chi connectivity index (χ1n) is 9.23. The molecule has 1 aliphatic rings. The van der Waals surface area contributed by atoms with Crippen molar-refractivity contribution in [2.75, 3.05) is 0 Å². The molecule has 0 spiro atoms. The minimum atomic E-state index is -0.908. The summed E-state index contributed by atoms with van der Waals surface area (Å²) in [6, 6.07) is 16.1. The molecule has 2 unspecified atom stereocenters. The van der Waals surface area contributed by atoms with E-state index in [1.807, 2.05) is 18.3 Å². The lowest BCUT2D eigenvalue weighted by atomic mass is 9.88. The van der Waals surface area contributed by atoms with E-state index < -0.39 is 5.97 Å². The highest BCUT2D eigenvalue weighted by Gasteiger charge is 2.21. The molecule has 0 bridgehead atoms. The van der Waals surface area contributed by atoms with Gasteiger partial charge in [-0.3, -0.25) is 0 Å². The number of imidazole rings is 1. The Balaban J connectivity index is 1.59. The average molecular weight is 378 g/mol. The van der Waals surface area contributed by atoms with E-state index in [2.05, 4.69) is 46.5 Å². The number of carbonyl (C=O) groups is 1. The molecule has 4 rings (SSSR count). The van der Waals surface area contributed by atoms with Gasteiger partial charge in [-0.05, 0) is 67.2 Å². The zero-order chi connectivity index (χ0) is 19.0. The van der Waals surface area contributed by atoms with Crippen LogP contribution in [0.15, 0.2) is 60.9 Å². The Hall–Kier alpha value is -2.66. The van der Waals surface area contributed by atoms with E-state index >= 15 is 0 Å². The van der Waals surface area contributed by atoms with Gasteiger partial charge in [-0.15, -0.1) is 0 Å². The summed E-state index contributed by atoms with van der Waals surface area (Å²) in [6.45, 7) is 2.09. The lowest BCUT2D eigenvalue weighted by Crippen LogP contribution is -2.19. The van der Waals surface area contributed by atoms with Crippen molar-refractivity contribution in [1.29, 1.82) is 0 Å². The van der Waals surface area contributed by atoms with Gasteiger partial charge in [0.1, 0.15) is 0 Å². The van der Waals surface area contributed by atoms with Crippen LogP contribution in [-0.4, -0.2) is 20.2 Å². The summed E-state index contributed by atoms with van der Waals surface area (Å²) in [7, 11) is 0. The van der Waals surface area contributed by atoms with Crippen LogP contribution in [0.1, 0.15) is 52.5 Å². The van der Waals surface area contributed by atoms with Crippen molar-refractivity contribution >= 4 is 18.2 Å². The molecule has 0 fully saturated rings. The van der Waals surface area contributed by atoms with E-state index in [1.54, 1.807) is 12.1 Å². The molecule has 0 amide bonds. The van der Waals surface area contributed by atoms with E-state index in [9.17, 15) is 4.79 Å². The van der Waals surface area contributed by atoms with Crippen molar-refractivity contribution in [2.24, 2.45) is 0 Å². The van der Waals surface area contributed by atoms with E-state index in [4.69, 9.17) is 17.3 Å². The Morgan fingerprint density at radius 3 is 2.52 bits per heavy atom. The Morgan fingerprint density at radius 1 is 1.11 bits per heavy atom. The van der Waals surface area contributed by atoms with Gasteiger partial charge in [0.05, 0.1) is 11.6 Å². The van der Waals surface area contributed by atoms with Gasteiger partial charge in [-0.2, -0.15) is 0 Å². The monoisotopic (exact) mass is 378 g/mol. The van der Waals surface area contributed by atoms with Gasteiger partial charge in [0, 0.05) is 18.4 Å². The third-order valence-corrected chi connectivity index (χ3v) is 6.02. The molecular weight excluding hydrogens is 356 g/mol. The molecule has 1 aliphatic carbocycles. The molecule has 2 atom stereocenters. The van der Waals surface area contributed by atoms with Crippen molar-refractivity contribution in [3.63, 3.8) is 0 Å². The van der Waals surface area contributed by atoms with Gasteiger partial charge in [0.2, 0.25) is 0 Å². The molecule has 1 aromatic heterocycles. The van der Waals surface area contributed by atoms with Crippen LogP contribution in [-0.2, 0) is 12.8 Å². The minimum absolute atomic E-state index is 0.0532. The smallest absolute Gasteiger partial charge is 0.335 e. The standard InChI is InChI=1S/C22H22N2O2S/c1-15(16-6-8-18(9-7-16)21(25)26)23-12-13-24(22(23)27)20-11-10-17-4-2-3-5-19(17)14-20/h2-9,12-13,15,20H,10-11,14H2,1H3,(H,25,26). The Kier molecular flexibility index (Phi) is 4.70. The third kappa shape index (κ3) is 3.35. The number of hydrogen-bond donors (Lipinski definition) is 1. The van der Waals surface area contributed by atoms with Crippen LogP contribution in [0, 0.1) is 4.77 Å². The number of carboxylic acids is 1. The Morgan fingerprint density at radius 2 is 1.81 bits per heavy atom.